The number of hydrogen-bond acceptors (Lipinski definition) is 8. The highest BCUT2D eigenvalue weighted by atomic mass is 79.9. The van der Waals surface area contributed by atoms with Gasteiger partial charge in [0.25, 0.3) is 11.8 Å². The highest BCUT2D eigenvalue weighted by molar-refractivity contribution is 9.09. The fourth-order valence-electron chi connectivity index (χ4n) is 8.84. The number of amides is 4. The molecule has 292 valence electrons. The van der Waals surface area contributed by atoms with Crippen LogP contribution in [0.1, 0.15) is 41.0 Å². The molecule has 0 spiro atoms. The van der Waals surface area contributed by atoms with Crippen molar-refractivity contribution in [2.24, 2.45) is 17.8 Å². The predicted octanol–water partition coefficient (Wildman–Crippen LogP) is 8.07. The number of phenolic OH excluding ortho intramolecular Hbond substituents is 1. The van der Waals surface area contributed by atoms with Crippen LogP contribution in [0.25, 0.3) is 12.2 Å². The summed E-state index contributed by atoms with van der Waals surface area (Å²) >= 11 is 18.0. The molecule has 1 saturated carbocycles. The molecule has 13 heteroatoms. The molecule has 6 atom stereocenters. The lowest BCUT2D eigenvalue weighted by molar-refractivity contribution is -0.138. The van der Waals surface area contributed by atoms with E-state index in [1.807, 2.05) is 78.9 Å². The number of methoxy groups -OCH3 is 2. The number of alkyl halides is 3. The van der Waals surface area contributed by atoms with Crippen LogP contribution in [0.2, 0.25) is 0 Å². The number of hydrogen-bond donors (Lipinski definition) is 1. The van der Waals surface area contributed by atoms with Crippen molar-refractivity contribution in [1.29, 1.82) is 0 Å². The van der Waals surface area contributed by atoms with Gasteiger partial charge in [0.15, 0.2) is 9.75 Å². The van der Waals surface area contributed by atoms with Crippen LogP contribution in [0.15, 0.2) is 103 Å². The maximum atomic E-state index is 14.5. The van der Waals surface area contributed by atoms with Gasteiger partial charge in [0.1, 0.15) is 29.6 Å². The first-order valence-corrected chi connectivity index (χ1v) is 20.2. The molecule has 0 bridgehead atoms. The Morgan fingerprint density at radius 2 is 1.58 bits per heavy atom. The standard InChI is InChI=1S/C44H37BrCl2N2O8/c1-55-29-15-19-36(56-2)27(20-29)11-8-25-9-12-28(13-10-25)49-39(51)33-18-17-31-34(37(33)40(49)52)22-43(46)41(53)48(24-45)42(54)44(43,47)38(31)32-16-14-30(21-35(32)50)57-23-26-6-4-3-5-7-26/h3-17,19-21,33-34,37-38,50H,18,22-24H2,1-2H3/t33-,34+,37-,38+,43+,44-/m0/s1. The summed E-state index contributed by atoms with van der Waals surface area (Å²) in [6, 6.07) is 26.8. The molecule has 3 fully saturated rings. The second kappa shape index (κ2) is 15.0. The van der Waals surface area contributed by atoms with Gasteiger partial charge in [-0.3, -0.25) is 29.0 Å². The number of halogens is 3. The largest absolute Gasteiger partial charge is 0.508 e. The van der Waals surface area contributed by atoms with Crippen LogP contribution < -0.4 is 19.1 Å². The predicted molar refractivity (Wildman–Crippen MR) is 220 cm³/mol. The van der Waals surface area contributed by atoms with Crippen molar-refractivity contribution in [3.63, 3.8) is 0 Å². The van der Waals surface area contributed by atoms with Gasteiger partial charge in [-0.25, -0.2) is 0 Å². The number of rotatable bonds is 10. The normalized spacial score (nSPS) is 26.6. The smallest absolute Gasteiger partial charge is 0.254 e. The third-order valence-electron chi connectivity index (χ3n) is 11.6. The Hall–Kier alpha value is -5.10. The topological polar surface area (TPSA) is 123 Å². The third-order valence-corrected chi connectivity index (χ3v) is 13.5. The molecule has 0 unspecified atom stereocenters. The second-order valence-corrected chi connectivity index (χ2v) is 16.3. The molecule has 0 radical (unpaired) electrons. The number of allylic oxidation sites excluding steroid dienone is 2. The lowest BCUT2D eigenvalue weighted by Crippen LogP contribution is -2.60. The van der Waals surface area contributed by atoms with Crippen molar-refractivity contribution >= 4 is 80.6 Å². The van der Waals surface area contributed by atoms with Crippen LogP contribution in [0.3, 0.4) is 0 Å². The second-order valence-electron chi connectivity index (χ2n) is 14.5. The zero-order valence-electron chi connectivity index (χ0n) is 30.9. The summed E-state index contributed by atoms with van der Waals surface area (Å²) in [5.74, 6) is -4.23. The van der Waals surface area contributed by atoms with E-state index in [0.29, 0.717) is 28.5 Å². The number of phenols is 1. The van der Waals surface area contributed by atoms with Crippen LogP contribution in [0.5, 0.6) is 23.0 Å². The summed E-state index contributed by atoms with van der Waals surface area (Å²) < 4.78 is 16.8. The minimum atomic E-state index is -2.05. The summed E-state index contributed by atoms with van der Waals surface area (Å²) in [6.45, 7) is 0.251. The van der Waals surface area contributed by atoms with E-state index in [9.17, 15) is 24.3 Å². The van der Waals surface area contributed by atoms with Crippen molar-refractivity contribution in [2.45, 2.75) is 35.1 Å². The molecular weight excluding hydrogens is 835 g/mol. The van der Waals surface area contributed by atoms with E-state index in [1.165, 1.54) is 11.0 Å². The van der Waals surface area contributed by atoms with Gasteiger partial charge in [0.05, 0.1) is 37.2 Å². The Balaban J connectivity index is 1.12. The average Bonchev–Trinajstić information content (AvgIpc) is 3.56. The number of fused-ring (bicyclic) bond motifs is 4. The quantitative estimate of drug-likeness (QED) is 0.0559. The first kappa shape index (κ1) is 38.8. The Kier molecular flexibility index (Phi) is 10.2. The molecule has 8 rings (SSSR count). The molecule has 4 amide bonds. The van der Waals surface area contributed by atoms with Crippen LogP contribution in [0.4, 0.5) is 5.69 Å². The molecule has 4 aromatic rings. The van der Waals surface area contributed by atoms with Gasteiger partial charge in [0, 0.05) is 23.1 Å². The Bertz CT molecular complexity index is 2350. The highest BCUT2D eigenvalue weighted by Gasteiger charge is 2.76. The molecule has 10 nitrogen and oxygen atoms in total. The van der Waals surface area contributed by atoms with E-state index >= 15 is 0 Å². The number of imide groups is 2. The number of carbonyl (C=O) groups excluding carboxylic acids is 4. The Labute approximate surface area is 347 Å². The number of ether oxygens (including phenoxy) is 3. The zero-order chi connectivity index (χ0) is 40.2. The van der Waals surface area contributed by atoms with Crippen LogP contribution in [0, 0.1) is 17.8 Å². The lowest BCUT2D eigenvalue weighted by atomic mass is 9.56. The minimum Gasteiger partial charge on any atom is -0.508 e. The third kappa shape index (κ3) is 6.22. The SMILES string of the molecule is COc1ccc(OC)c(C=Cc2ccc(N3C(=O)[C@H]4[C@H](CC=C5[C@H]4C[C@@]4(Cl)C(=O)N(CBr)C(=O)[C@@]4(Cl)[C@H]5c4ccc(OCc5ccccc5)cc4O)C3=O)cc2)c1. The maximum Gasteiger partial charge on any atom is 0.254 e. The molecule has 2 aliphatic carbocycles. The van der Waals surface area contributed by atoms with E-state index in [1.54, 1.807) is 38.5 Å². The van der Waals surface area contributed by atoms with Crippen molar-refractivity contribution in [2.75, 3.05) is 24.6 Å². The maximum absolute atomic E-state index is 14.5. The number of benzene rings is 4. The van der Waals surface area contributed by atoms with Crippen molar-refractivity contribution in [3.05, 3.63) is 125 Å². The van der Waals surface area contributed by atoms with Crippen molar-refractivity contribution < 1.29 is 38.5 Å². The highest BCUT2D eigenvalue weighted by Crippen LogP contribution is 2.66. The molecule has 4 aromatic carbocycles. The van der Waals surface area contributed by atoms with Gasteiger partial charge < -0.3 is 19.3 Å². The van der Waals surface area contributed by atoms with Gasteiger partial charge in [-0.1, -0.05) is 88.3 Å². The Morgan fingerprint density at radius 3 is 2.26 bits per heavy atom. The summed E-state index contributed by atoms with van der Waals surface area (Å²) in [4.78, 5) is 55.0. The molecule has 2 heterocycles. The number of nitrogens with zero attached hydrogens (tertiary/aromatic N) is 2. The molecule has 2 saturated heterocycles. The Morgan fingerprint density at radius 1 is 0.842 bits per heavy atom. The fraction of sp³-hybridized carbons (Fsp3) is 0.273. The van der Waals surface area contributed by atoms with Gasteiger partial charge in [-0.05, 0) is 66.3 Å². The summed E-state index contributed by atoms with van der Waals surface area (Å²) in [5.41, 5.74) is 3.62. The fourth-order valence-corrected chi connectivity index (χ4v) is 10.3. The molecule has 1 N–H and O–H groups in total. The molecule has 0 aromatic heterocycles. The van der Waals surface area contributed by atoms with E-state index in [2.05, 4.69) is 15.9 Å². The van der Waals surface area contributed by atoms with Gasteiger partial charge in [-0.15, -0.1) is 23.2 Å². The van der Waals surface area contributed by atoms with Gasteiger partial charge in [0.2, 0.25) is 11.8 Å². The zero-order valence-corrected chi connectivity index (χ0v) is 34.0. The first-order chi connectivity index (χ1) is 27.4. The number of anilines is 1. The van der Waals surface area contributed by atoms with Crippen LogP contribution in [-0.2, 0) is 25.8 Å². The minimum absolute atomic E-state index is 0.155. The molecule has 2 aliphatic heterocycles. The van der Waals surface area contributed by atoms with Crippen molar-refractivity contribution in [3.8, 4) is 23.0 Å². The summed E-state index contributed by atoms with van der Waals surface area (Å²) in [6.07, 6.45) is 5.62. The average molecular weight is 873 g/mol. The lowest BCUT2D eigenvalue weighted by Gasteiger charge is -2.50. The van der Waals surface area contributed by atoms with Crippen molar-refractivity contribution in [1.82, 2.24) is 4.90 Å². The van der Waals surface area contributed by atoms with E-state index < -0.39 is 51.1 Å². The van der Waals surface area contributed by atoms with Crippen LogP contribution in [-0.4, -0.2) is 63.1 Å². The van der Waals surface area contributed by atoms with Gasteiger partial charge in [-0.2, -0.15) is 0 Å². The number of carbonyl (C=O) groups is 4. The molecule has 4 aliphatic rings. The molecular formula is C44H37BrCl2N2O8. The summed E-state index contributed by atoms with van der Waals surface area (Å²) in [5, 5.41) is 11.6. The first-order valence-electron chi connectivity index (χ1n) is 18.3. The number of aromatic hydroxyl groups is 1. The van der Waals surface area contributed by atoms with E-state index in [0.717, 1.165) is 21.6 Å². The monoisotopic (exact) mass is 870 g/mol. The van der Waals surface area contributed by atoms with E-state index in [4.69, 9.17) is 37.4 Å². The number of likely N-dealkylation sites (tertiary alicyclic amines) is 1. The van der Waals surface area contributed by atoms with Crippen LogP contribution >= 0.6 is 39.1 Å². The molecule has 57 heavy (non-hydrogen) atoms. The summed E-state index contributed by atoms with van der Waals surface area (Å²) in [7, 11) is 3.18. The van der Waals surface area contributed by atoms with Gasteiger partial charge >= 0.3 is 0 Å². The van der Waals surface area contributed by atoms with E-state index in [-0.39, 0.29) is 42.1 Å².